The maximum atomic E-state index is 10.9. The van der Waals surface area contributed by atoms with Crippen molar-refractivity contribution in [2.24, 2.45) is 0 Å². The molecule has 0 aliphatic heterocycles. The van der Waals surface area contributed by atoms with Gasteiger partial charge in [-0.15, -0.1) is 0 Å². The minimum atomic E-state index is -0.0577. The zero-order valence-electron chi connectivity index (χ0n) is 14.7. The number of benzene rings is 2. The fraction of sp³-hybridized carbons (Fsp3) is 0.0952. The lowest BCUT2D eigenvalue weighted by Crippen LogP contribution is -2.05. The summed E-state index contributed by atoms with van der Waals surface area (Å²) >= 11 is 0. The fourth-order valence-corrected chi connectivity index (χ4v) is 2.78. The number of hydrogen-bond acceptors (Lipinski definition) is 4. The average Bonchev–Trinajstić information content (AvgIpc) is 2.62. The second-order valence-electron chi connectivity index (χ2n) is 6.05. The molecule has 1 amide bonds. The molecule has 0 saturated carbocycles. The lowest BCUT2D eigenvalue weighted by atomic mass is 10.1. The largest absolute Gasteiger partial charge is 0.399 e. The third kappa shape index (κ3) is 4.13. The molecule has 0 spiro atoms. The van der Waals surface area contributed by atoms with Crippen LogP contribution < -0.4 is 11.1 Å². The van der Waals surface area contributed by atoms with Crippen LogP contribution in [0.4, 0.5) is 11.4 Å². The van der Waals surface area contributed by atoms with Crippen LogP contribution in [0.3, 0.4) is 0 Å². The van der Waals surface area contributed by atoms with Crippen molar-refractivity contribution >= 4 is 38.8 Å². The number of aromatic nitrogens is 2. The van der Waals surface area contributed by atoms with Gasteiger partial charge in [-0.3, -0.25) is 14.8 Å². The Morgan fingerprint density at radius 2 is 1.65 bits per heavy atom. The Morgan fingerprint density at radius 1 is 0.923 bits per heavy atom. The van der Waals surface area contributed by atoms with Gasteiger partial charge in [0, 0.05) is 53.9 Å². The second kappa shape index (κ2) is 7.61. The number of carbonyl (C=O) groups excluding carboxylic acids is 1. The Bertz CT molecular complexity index is 1080. The highest BCUT2D eigenvalue weighted by Crippen LogP contribution is 2.22. The van der Waals surface area contributed by atoms with Gasteiger partial charge >= 0.3 is 0 Å². The number of pyridine rings is 2. The number of anilines is 2. The van der Waals surface area contributed by atoms with Gasteiger partial charge in [-0.1, -0.05) is 6.07 Å². The molecular formula is C21H20N4O. The normalized spacial score (nSPS) is 10.2. The number of carbonyl (C=O) groups is 1. The van der Waals surface area contributed by atoms with Crippen LogP contribution in [0.25, 0.3) is 21.5 Å². The SMILES string of the molecule is CC(=O)Nc1cc(C)c2ccncc2c1.Nc1ccc2ccncc2c1. The molecule has 2 aromatic heterocycles. The van der Waals surface area contributed by atoms with Crippen LogP contribution in [0.2, 0.25) is 0 Å². The van der Waals surface area contributed by atoms with E-state index in [0.717, 1.165) is 27.7 Å². The van der Waals surface area contributed by atoms with Crippen LogP contribution in [-0.4, -0.2) is 15.9 Å². The van der Waals surface area contributed by atoms with Crippen molar-refractivity contribution < 1.29 is 4.79 Å². The molecule has 2 heterocycles. The van der Waals surface area contributed by atoms with E-state index >= 15 is 0 Å². The van der Waals surface area contributed by atoms with Gasteiger partial charge in [-0.05, 0) is 59.7 Å². The summed E-state index contributed by atoms with van der Waals surface area (Å²) in [6.45, 7) is 3.52. The van der Waals surface area contributed by atoms with Crippen LogP contribution in [0.5, 0.6) is 0 Å². The minimum absolute atomic E-state index is 0.0577. The van der Waals surface area contributed by atoms with Crippen LogP contribution in [0, 0.1) is 6.92 Å². The number of aryl methyl sites for hydroxylation is 1. The molecule has 0 bridgehead atoms. The molecule has 0 atom stereocenters. The third-order valence-corrected chi connectivity index (χ3v) is 3.94. The van der Waals surface area contributed by atoms with E-state index in [1.807, 2.05) is 55.6 Å². The second-order valence-corrected chi connectivity index (χ2v) is 6.05. The maximum absolute atomic E-state index is 10.9. The minimum Gasteiger partial charge on any atom is -0.399 e. The van der Waals surface area contributed by atoms with Gasteiger partial charge in [-0.2, -0.15) is 0 Å². The molecule has 130 valence electrons. The molecule has 4 aromatic rings. The molecule has 0 saturated heterocycles. The molecule has 0 fully saturated rings. The topological polar surface area (TPSA) is 80.9 Å². The van der Waals surface area contributed by atoms with E-state index in [1.54, 1.807) is 18.6 Å². The van der Waals surface area contributed by atoms with E-state index < -0.39 is 0 Å². The third-order valence-electron chi connectivity index (χ3n) is 3.94. The number of nitrogens with two attached hydrogens (primary N) is 1. The summed E-state index contributed by atoms with van der Waals surface area (Å²) in [4.78, 5) is 19.0. The number of amides is 1. The van der Waals surface area contributed by atoms with Crippen molar-refractivity contribution in [3.05, 3.63) is 72.8 Å². The van der Waals surface area contributed by atoms with Gasteiger partial charge in [0.15, 0.2) is 0 Å². The zero-order valence-corrected chi connectivity index (χ0v) is 14.7. The molecule has 2 aromatic carbocycles. The van der Waals surface area contributed by atoms with Crippen molar-refractivity contribution in [3.8, 4) is 0 Å². The molecule has 0 aliphatic rings. The van der Waals surface area contributed by atoms with Crippen molar-refractivity contribution in [2.75, 3.05) is 11.1 Å². The van der Waals surface area contributed by atoms with Crippen LogP contribution in [0.1, 0.15) is 12.5 Å². The fourth-order valence-electron chi connectivity index (χ4n) is 2.78. The maximum Gasteiger partial charge on any atom is 0.221 e. The summed E-state index contributed by atoms with van der Waals surface area (Å²) in [5.41, 5.74) is 8.34. The van der Waals surface area contributed by atoms with Crippen molar-refractivity contribution in [1.29, 1.82) is 0 Å². The average molecular weight is 344 g/mol. The van der Waals surface area contributed by atoms with E-state index in [2.05, 4.69) is 15.3 Å². The number of nitrogen functional groups attached to an aromatic ring is 1. The number of nitrogens with one attached hydrogen (secondary N) is 1. The van der Waals surface area contributed by atoms with Gasteiger partial charge < -0.3 is 11.1 Å². The van der Waals surface area contributed by atoms with E-state index in [1.165, 1.54) is 17.7 Å². The van der Waals surface area contributed by atoms with Crippen molar-refractivity contribution in [3.63, 3.8) is 0 Å². The highest BCUT2D eigenvalue weighted by Gasteiger charge is 2.01. The first-order chi connectivity index (χ1) is 12.5. The first-order valence-electron chi connectivity index (χ1n) is 8.24. The monoisotopic (exact) mass is 344 g/mol. The standard InChI is InChI=1S/C12H12N2O.C9H8N2/c1-8-5-11(14-9(2)15)6-10-7-13-4-3-12(8)10;10-9-2-1-7-3-4-11-6-8(7)5-9/h3-7H,1-2H3,(H,14,15);1-6H,10H2. The number of nitrogens with zero attached hydrogens (tertiary/aromatic N) is 2. The molecule has 5 heteroatoms. The Hall–Kier alpha value is -3.47. The Balaban J connectivity index is 0.000000158. The van der Waals surface area contributed by atoms with Gasteiger partial charge in [-0.25, -0.2) is 0 Å². The molecule has 0 unspecified atom stereocenters. The van der Waals surface area contributed by atoms with Crippen LogP contribution in [-0.2, 0) is 4.79 Å². The first kappa shape index (κ1) is 17.4. The quantitative estimate of drug-likeness (QED) is 0.504. The van der Waals surface area contributed by atoms with E-state index in [-0.39, 0.29) is 5.91 Å². The smallest absolute Gasteiger partial charge is 0.221 e. The van der Waals surface area contributed by atoms with Crippen molar-refractivity contribution in [2.45, 2.75) is 13.8 Å². The predicted octanol–water partition coefficient (Wildman–Crippen LogP) is 4.32. The Labute approximate surface area is 151 Å². The molecule has 0 radical (unpaired) electrons. The van der Waals surface area contributed by atoms with Crippen LogP contribution in [0.15, 0.2) is 67.3 Å². The number of rotatable bonds is 1. The predicted molar refractivity (Wildman–Crippen MR) is 107 cm³/mol. The summed E-state index contributed by atoms with van der Waals surface area (Å²) in [5.74, 6) is -0.0577. The Kier molecular flexibility index (Phi) is 5.08. The lowest BCUT2D eigenvalue weighted by molar-refractivity contribution is -0.114. The summed E-state index contributed by atoms with van der Waals surface area (Å²) in [6.07, 6.45) is 7.16. The number of fused-ring (bicyclic) bond motifs is 2. The van der Waals surface area contributed by atoms with E-state index in [9.17, 15) is 4.79 Å². The molecule has 0 aliphatic carbocycles. The summed E-state index contributed by atoms with van der Waals surface area (Å²) < 4.78 is 0. The van der Waals surface area contributed by atoms with E-state index in [0.29, 0.717) is 0 Å². The summed E-state index contributed by atoms with van der Waals surface area (Å²) in [7, 11) is 0. The molecule has 26 heavy (non-hydrogen) atoms. The highest BCUT2D eigenvalue weighted by atomic mass is 16.1. The lowest BCUT2D eigenvalue weighted by Gasteiger charge is -2.06. The highest BCUT2D eigenvalue weighted by molar-refractivity contribution is 5.94. The molecular weight excluding hydrogens is 324 g/mol. The van der Waals surface area contributed by atoms with Crippen molar-refractivity contribution in [1.82, 2.24) is 9.97 Å². The number of hydrogen-bond donors (Lipinski definition) is 2. The Morgan fingerprint density at radius 3 is 2.42 bits per heavy atom. The van der Waals surface area contributed by atoms with Gasteiger partial charge in [0.2, 0.25) is 5.91 Å². The van der Waals surface area contributed by atoms with Gasteiger partial charge in [0.05, 0.1) is 0 Å². The summed E-state index contributed by atoms with van der Waals surface area (Å²) in [5, 5.41) is 7.25. The molecule has 5 nitrogen and oxygen atoms in total. The van der Waals surface area contributed by atoms with E-state index in [4.69, 9.17) is 5.73 Å². The molecule has 4 rings (SSSR count). The van der Waals surface area contributed by atoms with Gasteiger partial charge in [0.25, 0.3) is 0 Å². The van der Waals surface area contributed by atoms with Crippen LogP contribution >= 0.6 is 0 Å². The molecule has 3 N–H and O–H groups in total. The first-order valence-corrected chi connectivity index (χ1v) is 8.24. The van der Waals surface area contributed by atoms with Gasteiger partial charge in [0.1, 0.15) is 0 Å². The zero-order chi connectivity index (χ0) is 18.5. The summed E-state index contributed by atoms with van der Waals surface area (Å²) in [6, 6.07) is 13.6.